The van der Waals surface area contributed by atoms with E-state index in [4.69, 9.17) is 45.6 Å². The first-order valence-electron chi connectivity index (χ1n) is 10.8. The maximum atomic E-state index is 11.5. The van der Waals surface area contributed by atoms with Gasteiger partial charge in [0, 0.05) is 0 Å². The SMILES string of the molecule is CC1(C)O[C@@H]2[C@H](O1)[C@@H](COS(N)(=O)=O)O[C@H]2[N+]1([C@@H]2O[C@H](CO)[C@@H](O)[C@H]2O)C=Nc2c(N)nc(Cl)nc21. The van der Waals surface area contributed by atoms with E-state index in [1.165, 1.54) is 6.34 Å². The van der Waals surface area contributed by atoms with Crippen molar-refractivity contribution < 1.29 is 46.9 Å². The van der Waals surface area contributed by atoms with Gasteiger partial charge in [-0.3, -0.25) is 4.18 Å². The molecule has 0 radical (unpaired) electrons. The zero-order chi connectivity index (χ0) is 26.2. The molecular weight excluding hydrogens is 528 g/mol. The number of anilines is 1. The van der Waals surface area contributed by atoms with Crippen LogP contribution >= 0.6 is 11.6 Å². The highest BCUT2D eigenvalue weighted by Crippen LogP contribution is 2.51. The van der Waals surface area contributed by atoms with Gasteiger partial charge in [-0.2, -0.15) is 27.9 Å². The monoisotopic (exact) mass is 553 g/mol. The van der Waals surface area contributed by atoms with Crippen LogP contribution in [0.4, 0.5) is 17.3 Å². The van der Waals surface area contributed by atoms with Crippen LogP contribution in [0.1, 0.15) is 13.8 Å². The van der Waals surface area contributed by atoms with Gasteiger partial charge in [-0.05, 0) is 25.4 Å². The molecule has 3 saturated heterocycles. The summed E-state index contributed by atoms with van der Waals surface area (Å²) in [7, 11) is -4.31. The van der Waals surface area contributed by atoms with Crippen molar-refractivity contribution in [1.82, 2.24) is 14.5 Å². The van der Waals surface area contributed by atoms with Crippen molar-refractivity contribution in [2.75, 3.05) is 18.9 Å². The molecule has 36 heavy (non-hydrogen) atoms. The summed E-state index contributed by atoms with van der Waals surface area (Å²) in [6, 6.07) is 0. The van der Waals surface area contributed by atoms with Crippen LogP contribution < -0.4 is 15.4 Å². The molecule has 0 aromatic carbocycles. The van der Waals surface area contributed by atoms with Crippen molar-refractivity contribution in [1.29, 1.82) is 0 Å². The summed E-state index contributed by atoms with van der Waals surface area (Å²) in [6.07, 6.45) is -8.15. The van der Waals surface area contributed by atoms with Gasteiger partial charge in [0.1, 0.15) is 24.4 Å². The lowest BCUT2D eigenvalue weighted by Crippen LogP contribution is -2.68. The fourth-order valence-electron chi connectivity index (χ4n) is 5.08. The van der Waals surface area contributed by atoms with Gasteiger partial charge in [0.15, 0.2) is 29.5 Å². The molecule has 9 atom stereocenters. The summed E-state index contributed by atoms with van der Waals surface area (Å²) in [5.74, 6) is -1.13. The first-order valence-corrected chi connectivity index (χ1v) is 12.7. The Morgan fingerprint density at radius 1 is 1.14 bits per heavy atom. The number of rotatable bonds is 6. The number of nitrogens with two attached hydrogens (primary N) is 2. The van der Waals surface area contributed by atoms with E-state index in [0.717, 1.165) is 0 Å². The molecule has 1 aromatic rings. The highest BCUT2D eigenvalue weighted by atomic mass is 35.5. The highest BCUT2D eigenvalue weighted by Gasteiger charge is 2.69. The molecule has 4 aliphatic rings. The van der Waals surface area contributed by atoms with E-state index in [1.54, 1.807) is 13.8 Å². The number of hydrogen-bond donors (Lipinski definition) is 5. The summed E-state index contributed by atoms with van der Waals surface area (Å²) in [5.41, 5.74) is 6.14. The Kier molecular flexibility index (Phi) is 6.30. The van der Waals surface area contributed by atoms with Crippen LogP contribution in [0.5, 0.6) is 0 Å². The first-order chi connectivity index (χ1) is 16.8. The topological polar surface area (TPSA) is 231 Å². The lowest BCUT2D eigenvalue weighted by Gasteiger charge is -2.41. The number of quaternary nitrogens is 1. The summed E-state index contributed by atoms with van der Waals surface area (Å²) in [5, 5.41) is 36.0. The molecule has 3 fully saturated rings. The van der Waals surface area contributed by atoms with Gasteiger partial charge in [-0.15, -0.1) is 0 Å². The second kappa shape index (κ2) is 8.72. The van der Waals surface area contributed by atoms with E-state index >= 15 is 0 Å². The van der Waals surface area contributed by atoms with Gasteiger partial charge in [-0.1, -0.05) is 0 Å². The predicted octanol–water partition coefficient (Wildman–Crippen LogP) is -2.40. The van der Waals surface area contributed by atoms with Gasteiger partial charge < -0.3 is 40.0 Å². The minimum Gasteiger partial charge on any atom is -0.394 e. The number of hydrogen-bond acceptors (Lipinski definition) is 14. The van der Waals surface area contributed by atoms with Crippen LogP contribution in [-0.4, -0.2) is 108 Å². The molecule has 5 heterocycles. The molecule has 0 amide bonds. The molecule has 18 heteroatoms. The van der Waals surface area contributed by atoms with Crippen LogP contribution in [0.25, 0.3) is 0 Å². The third-order valence-corrected chi connectivity index (χ3v) is 7.12. The number of nitrogens with zero attached hydrogens (tertiary/aromatic N) is 4. The molecule has 200 valence electrons. The molecule has 1 aromatic heterocycles. The molecule has 0 bridgehead atoms. The molecule has 16 nitrogen and oxygen atoms in total. The summed E-state index contributed by atoms with van der Waals surface area (Å²) in [4.78, 5) is 12.5. The van der Waals surface area contributed by atoms with E-state index in [-0.39, 0.29) is 22.6 Å². The third-order valence-electron chi connectivity index (χ3n) is 6.49. The maximum absolute atomic E-state index is 11.5. The number of aliphatic imine (C=N–C) groups is 1. The zero-order valence-electron chi connectivity index (χ0n) is 19.0. The Bertz CT molecular complexity index is 1190. The summed E-state index contributed by atoms with van der Waals surface area (Å²) < 4.78 is 51.2. The van der Waals surface area contributed by atoms with Gasteiger partial charge in [0.05, 0.1) is 13.2 Å². The van der Waals surface area contributed by atoms with Gasteiger partial charge in [0.2, 0.25) is 24.1 Å². The van der Waals surface area contributed by atoms with Crippen molar-refractivity contribution in [3.63, 3.8) is 0 Å². The molecule has 4 aliphatic heterocycles. The summed E-state index contributed by atoms with van der Waals surface area (Å²) >= 11 is 6.12. The number of halogens is 1. The molecule has 0 aliphatic carbocycles. The predicted molar refractivity (Wildman–Crippen MR) is 121 cm³/mol. The largest absolute Gasteiger partial charge is 0.394 e. The fourth-order valence-corrected chi connectivity index (χ4v) is 5.58. The molecular formula is C18H26ClN6O10S+. The number of aromatic nitrogens is 2. The van der Waals surface area contributed by atoms with Gasteiger partial charge >= 0.3 is 10.3 Å². The molecule has 0 spiro atoms. The summed E-state index contributed by atoms with van der Waals surface area (Å²) in [6.45, 7) is 2.20. The minimum atomic E-state index is -4.31. The number of aliphatic hydroxyl groups is 3. The Morgan fingerprint density at radius 2 is 1.81 bits per heavy atom. The van der Waals surface area contributed by atoms with E-state index in [9.17, 15) is 23.7 Å². The zero-order valence-corrected chi connectivity index (χ0v) is 20.6. The van der Waals surface area contributed by atoms with Crippen LogP contribution in [0.2, 0.25) is 5.28 Å². The number of ether oxygens (including phenoxy) is 4. The smallest absolute Gasteiger partial charge is 0.333 e. The Labute approximate surface area is 210 Å². The first kappa shape index (κ1) is 26.0. The standard InChI is InChI=1S/C18H26ClN6O10S/c1-18(2)34-11-7(4-31-36(21,29)30)33-16(12(11)35-18)25(15-10(28)9(27)6(3-26)32-15)5-22-8-13(20)23-17(19)24-14(8)25/h5-7,9-12,15-16,26-28H,3-4H2,1-2H3,(H2,20,23,24)(H2,21,29,30)/q+1/t6-,7-,9-,10-,11-,12-,15-,16-,25?/m1/s1. The molecule has 1 unspecified atom stereocenters. The van der Waals surface area contributed by atoms with Crippen LogP contribution in [0.3, 0.4) is 0 Å². The van der Waals surface area contributed by atoms with Gasteiger partial charge in [0.25, 0.3) is 5.82 Å². The van der Waals surface area contributed by atoms with Crippen LogP contribution in [0, 0.1) is 0 Å². The van der Waals surface area contributed by atoms with Crippen molar-refractivity contribution in [2.45, 2.75) is 68.7 Å². The van der Waals surface area contributed by atoms with E-state index in [2.05, 4.69) is 15.0 Å². The lowest BCUT2D eigenvalue weighted by atomic mass is 10.1. The molecule has 7 N–H and O–H groups in total. The van der Waals surface area contributed by atoms with Crippen molar-refractivity contribution in [2.24, 2.45) is 10.1 Å². The number of aliphatic hydroxyl groups excluding tert-OH is 3. The second-order valence-electron chi connectivity index (χ2n) is 9.27. The van der Waals surface area contributed by atoms with Crippen molar-refractivity contribution in [3.8, 4) is 0 Å². The normalized spacial score (nSPS) is 41.1. The quantitative estimate of drug-likeness (QED) is 0.183. The van der Waals surface area contributed by atoms with Crippen molar-refractivity contribution in [3.05, 3.63) is 5.28 Å². The Balaban J connectivity index is 1.64. The average molecular weight is 554 g/mol. The molecule has 5 rings (SSSR count). The third kappa shape index (κ3) is 4.08. The van der Waals surface area contributed by atoms with E-state index in [1.807, 2.05) is 0 Å². The Morgan fingerprint density at radius 3 is 2.44 bits per heavy atom. The lowest BCUT2D eigenvalue weighted by molar-refractivity contribution is -0.215. The average Bonchev–Trinajstić information content (AvgIpc) is 3.47. The fraction of sp³-hybridized carbons (Fsp3) is 0.722. The van der Waals surface area contributed by atoms with E-state index < -0.39 is 82.9 Å². The van der Waals surface area contributed by atoms with E-state index in [0.29, 0.717) is 0 Å². The number of nitrogen functional groups attached to an aromatic ring is 1. The van der Waals surface area contributed by atoms with Gasteiger partial charge in [-0.25, -0.2) is 5.14 Å². The maximum Gasteiger partial charge on any atom is 0.333 e. The number of fused-ring (bicyclic) bond motifs is 2. The Hall–Kier alpha value is -1.61. The molecule has 0 saturated carbocycles. The minimum absolute atomic E-state index is 0.0624. The highest BCUT2D eigenvalue weighted by molar-refractivity contribution is 7.84. The van der Waals surface area contributed by atoms with Crippen molar-refractivity contribution >= 4 is 45.6 Å². The second-order valence-corrected chi connectivity index (χ2v) is 10.8. The van der Waals surface area contributed by atoms with Crippen LogP contribution in [-0.2, 0) is 33.4 Å². The van der Waals surface area contributed by atoms with Crippen LogP contribution in [0.15, 0.2) is 4.99 Å².